The summed E-state index contributed by atoms with van der Waals surface area (Å²) in [6.07, 6.45) is 5.25. The summed E-state index contributed by atoms with van der Waals surface area (Å²) < 4.78 is 11.0. The molecule has 34 heavy (non-hydrogen) atoms. The number of hydrogen-bond acceptors (Lipinski definition) is 8. The van der Waals surface area contributed by atoms with Gasteiger partial charge in [0, 0.05) is 18.8 Å². The normalized spacial score (nSPS) is 11.1. The second kappa shape index (κ2) is 13.1. The Kier molecular flexibility index (Phi) is 9.89. The van der Waals surface area contributed by atoms with E-state index < -0.39 is 11.2 Å². The molecule has 0 aliphatic carbocycles. The predicted octanol–water partition coefficient (Wildman–Crippen LogP) is 2.82. The number of aromatic hydroxyl groups is 1. The highest BCUT2D eigenvalue weighted by molar-refractivity contribution is 7.80. The van der Waals surface area contributed by atoms with Crippen molar-refractivity contribution in [2.24, 2.45) is 11.5 Å². The third kappa shape index (κ3) is 6.80. The van der Waals surface area contributed by atoms with Crippen LogP contribution in [0.5, 0.6) is 5.75 Å². The van der Waals surface area contributed by atoms with Crippen molar-refractivity contribution < 1.29 is 13.9 Å². The highest BCUT2D eigenvalue weighted by Crippen LogP contribution is 2.31. The lowest BCUT2D eigenvalue weighted by atomic mass is 10.1. The Labute approximate surface area is 204 Å². The van der Waals surface area contributed by atoms with Crippen LogP contribution >= 0.6 is 12.2 Å². The molecule has 184 valence electrons. The second-order valence-corrected chi connectivity index (χ2v) is 8.34. The average Bonchev–Trinajstić information content (AvgIpc) is 3.37. The van der Waals surface area contributed by atoms with Gasteiger partial charge < -0.3 is 40.9 Å². The number of unbranched alkanes of at least 4 members (excludes halogenated alkanes) is 1. The molecule has 9 nitrogen and oxygen atoms in total. The molecule has 0 saturated carbocycles. The number of anilines is 1. The number of benzene rings is 1. The molecule has 0 bridgehead atoms. The van der Waals surface area contributed by atoms with E-state index in [9.17, 15) is 9.90 Å². The Morgan fingerprint density at radius 2 is 1.82 bits per heavy atom. The summed E-state index contributed by atoms with van der Waals surface area (Å²) in [7, 11) is 0. The van der Waals surface area contributed by atoms with Crippen molar-refractivity contribution in [3.63, 3.8) is 0 Å². The number of nitrogens with one attached hydrogen (secondary N) is 2. The first-order chi connectivity index (χ1) is 16.5. The molecule has 0 radical (unpaired) electrons. The quantitative estimate of drug-likeness (QED) is 0.180. The average molecular weight is 488 g/mol. The molecule has 0 unspecified atom stereocenters. The van der Waals surface area contributed by atoms with Crippen molar-refractivity contribution in [1.29, 1.82) is 0 Å². The zero-order valence-corrected chi connectivity index (χ0v) is 20.0. The molecule has 10 heteroatoms. The van der Waals surface area contributed by atoms with Gasteiger partial charge in [0.25, 0.3) is 0 Å². The van der Waals surface area contributed by atoms with Gasteiger partial charge >= 0.3 is 0 Å². The highest BCUT2D eigenvalue weighted by atomic mass is 32.1. The lowest BCUT2D eigenvalue weighted by Gasteiger charge is -2.26. The second-order valence-electron chi connectivity index (χ2n) is 7.96. The molecule has 2 aromatic heterocycles. The van der Waals surface area contributed by atoms with E-state index in [0.29, 0.717) is 29.5 Å². The van der Waals surface area contributed by atoms with E-state index in [1.54, 1.807) is 30.3 Å². The SMILES string of the molecule is NCCCNCCCCN(CCCN)C(=S)Nc1ccc2oc(-c3ccco3)c(O)c(=O)c2c1. The zero-order valence-electron chi connectivity index (χ0n) is 19.2. The maximum atomic E-state index is 12.8. The Bertz CT molecular complexity index is 1120. The van der Waals surface area contributed by atoms with Crippen LogP contribution in [0.1, 0.15) is 25.7 Å². The van der Waals surface area contributed by atoms with Gasteiger partial charge in [-0.1, -0.05) is 0 Å². The summed E-state index contributed by atoms with van der Waals surface area (Å²) in [6.45, 7) is 4.69. The van der Waals surface area contributed by atoms with Crippen LogP contribution in [0.15, 0.2) is 50.2 Å². The van der Waals surface area contributed by atoms with Crippen molar-refractivity contribution in [2.75, 3.05) is 44.6 Å². The van der Waals surface area contributed by atoms with Crippen LogP contribution in [0.2, 0.25) is 0 Å². The van der Waals surface area contributed by atoms with Crippen molar-refractivity contribution in [3.05, 3.63) is 46.8 Å². The fraction of sp³-hybridized carbons (Fsp3) is 0.417. The van der Waals surface area contributed by atoms with Gasteiger partial charge in [-0.15, -0.1) is 0 Å². The topological polar surface area (TPSA) is 143 Å². The van der Waals surface area contributed by atoms with Crippen LogP contribution < -0.4 is 27.5 Å². The van der Waals surface area contributed by atoms with Crippen LogP contribution in [-0.2, 0) is 0 Å². The number of rotatable bonds is 13. The largest absolute Gasteiger partial charge is 0.501 e. The van der Waals surface area contributed by atoms with Crippen molar-refractivity contribution in [2.45, 2.75) is 25.7 Å². The zero-order chi connectivity index (χ0) is 24.3. The van der Waals surface area contributed by atoms with Gasteiger partial charge in [-0.3, -0.25) is 4.79 Å². The molecular formula is C24H33N5O4S. The first kappa shape index (κ1) is 25.7. The van der Waals surface area contributed by atoms with Crippen LogP contribution in [-0.4, -0.2) is 54.4 Å². The van der Waals surface area contributed by atoms with Gasteiger partial charge in [-0.25, -0.2) is 0 Å². The Morgan fingerprint density at radius 3 is 2.56 bits per heavy atom. The molecule has 0 atom stereocenters. The number of nitrogens with zero attached hydrogens (tertiary/aromatic N) is 1. The van der Waals surface area contributed by atoms with Gasteiger partial charge in [0.2, 0.25) is 16.9 Å². The van der Waals surface area contributed by atoms with Crippen molar-refractivity contribution >= 4 is 34.0 Å². The van der Waals surface area contributed by atoms with Crippen molar-refractivity contribution in [1.82, 2.24) is 10.2 Å². The van der Waals surface area contributed by atoms with Crippen LogP contribution in [0, 0.1) is 0 Å². The first-order valence-electron chi connectivity index (χ1n) is 11.6. The van der Waals surface area contributed by atoms with Crippen LogP contribution in [0.4, 0.5) is 5.69 Å². The molecule has 1 aromatic carbocycles. The standard InChI is InChI=1S/C24H33N5O4S/c25-9-4-12-27-11-1-2-13-29(14-5-10-26)24(34)28-17-7-8-19-18(16-17)21(30)22(31)23(33-19)20-6-3-15-32-20/h3,6-8,15-16,27,31H,1-2,4-5,9-14,25-26H2,(H,28,34). The fourth-order valence-corrected chi connectivity index (χ4v) is 3.84. The molecular weight excluding hydrogens is 454 g/mol. The number of nitrogens with two attached hydrogens (primary N) is 2. The summed E-state index contributed by atoms with van der Waals surface area (Å²) in [4.78, 5) is 14.9. The van der Waals surface area contributed by atoms with E-state index >= 15 is 0 Å². The minimum atomic E-state index is -0.538. The molecule has 0 saturated heterocycles. The van der Waals surface area contributed by atoms with E-state index in [-0.39, 0.29) is 16.9 Å². The van der Waals surface area contributed by atoms with E-state index in [0.717, 1.165) is 51.9 Å². The smallest absolute Gasteiger partial charge is 0.235 e. The first-order valence-corrected chi connectivity index (χ1v) is 12.0. The van der Waals surface area contributed by atoms with E-state index in [1.807, 2.05) is 0 Å². The van der Waals surface area contributed by atoms with Gasteiger partial charge in [-0.05, 0) is 94.4 Å². The number of thiocarbonyl (C=S) groups is 1. The lowest BCUT2D eigenvalue weighted by molar-refractivity contribution is 0.402. The predicted molar refractivity (Wildman–Crippen MR) is 139 cm³/mol. The van der Waals surface area contributed by atoms with Crippen molar-refractivity contribution in [3.8, 4) is 17.3 Å². The van der Waals surface area contributed by atoms with Gasteiger partial charge in [0.1, 0.15) is 5.58 Å². The molecule has 2 heterocycles. The Hall–Kier alpha value is -2.92. The summed E-state index contributed by atoms with van der Waals surface area (Å²) in [5.41, 5.74) is 11.7. The Morgan fingerprint density at radius 1 is 1.06 bits per heavy atom. The molecule has 0 amide bonds. The third-order valence-electron chi connectivity index (χ3n) is 5.37. The van der Waals surface area contributed by atoms with Gasteiger partial charge in [0.15, 0.2) is 10.9 Å². The molecule has 0 aliphatic rings. The summed E-state index contributed by atoms with van der Waals surface area (Å²) in [5.74, 6) is -0.207. The summed E-state index contributed by atoms with van der Waals surface area (Å²) in [5, 5.41) is 17.8. The molecule has 0 aliphatic heterocycles. The molecule has 7 N–H and O–H groups in total. The number of furan rings is 1. The van der Waals surface area contributed by atoms with Gasteiger partial charge in [0.05, 0.1) is 11.6 Å². The number of fused-ring (bicyclic) bond motifs is 1. The van der Waals surface area contributed by atoms with E-state index in [2.05, 4.69) is 15.5 Å². The third-order valence-corrected chi connectivity index (χ3v) is 5.73. The minimum absolute atomic E-state index is 0.00390. The molecule has 0 fully saturated rings. The summed E-state index contributed by atoms with van der Waals surface area (Å²) >= 11 is 5.64. The fourth-order valence-electron chi connectivity index (χ4n) is 3.54. The molecule has 0 spiro atoms. The monoisotopic (exact) mass is 487 g/mol. The molecule has 3 rings (SSSR count). The van der Waals surface area contributed by atoms with E-state index in [1.165, 1.54) is 6.26 Å². The van der Waals surface area contributed by atoms with Gasteiger partial charge in [-0.2, -0.15) is 0 Å². The summed E-state index contributed by atoms with van der Waals surface area (Å²) in [6, 6.07) is 8.35. The maximum Gasteiger partial charge on any atom is 0.235 e. The number of hydrogen-bond donors (Lipinski definition) is 5. The minimum Gasteiger partial charge on any atom is -0.501 e. The lowest BCUT2D eigenvalue weighted by Crippen LogP contribution is -2.37. The molecule has 3 aromatic rings. The van der Waals surface area contributed by atoms with Crippen LogP contribution in [0.3, 0.4) is 0 Å². The maximum absolute atomic E-state index is 12.8. The highest BCUT2D eigenvalue weighted by Gasteiger charge is 2.18. The van der Waals surface area contributed by atoms with E-state index in [4.69, 9.17) is 32.5 Å². The van der Waals surface area contributed by atoms with Crippen LogP contribution in [0.25, 0.3) is 22.5 Å². The Balaban J connectivity index is 1.67.